The summed E-state index contributed by atoms with van der Waals surface area (Å²) in [6.45, 7) is 6.25. The van der Waals surface area contributed by atoms with E-state index in [1.165, 1.54) is 7.05 Å². The first-order chi connectivity index (χ1) is 18.8. The summed E-state index contributed by atoms with van der Waals surface area (Å²) >= 11 is 0. The summed E-state index contributed by atoms with van der Waals surface area (Å²) in [5.41, 5.74) is 7.80. The average Bonchev–Trinajstić information content (AvgIpc) is 2.91. The highest BCUT2D eigenvalue weighted by atomic mass is 32.2. The summed E-state index contributed by atoms with van der Waals surface area (Å²) in [7, 11) is 0.681. The van der Waals surface area contributed by atoms with Gasteiger partial charge in [0.25, 0.3) is 0 Å². The Morgan fingerprint density at radius 2 is 1.70 bits per heavy atom. The van der Waals surface area contributed by atoms with Crippen LogP contribution in [0.4, 0.5) is 0 Å². The third-order valence-electron chi connectivity index (χ3n) is 6.85. The molecule has 0 saturated carbocycles. The van der Waals surface area contributed by atoms with Crippen molar-refractivity contribution in [2.45, 2.75) is 69.7 Å². The van der Waals surface area contributed by atoms with Crippen molar-refractivity contribution in [2.75, 3.05) is 26.7 Å². The second-order valence-corrected chi connectivity index (χ2v) is 13.2. The topological polar surface area (TPSA) is 142 Å². The van der Waals surface area contributed by atoms with Gasteiger partial charge in [-0.3, -0.25) is 9.59 Å². The zero-order chi connectivity index (χ0) is 29.9. The fourth-order valence-electron chi connectivity index (χ4n) is 4.57. The fraction of sp³-hybridized carbons (Fsp3) is 0.517. The van der Waals surface area contributed by atoms with Crippen LogP contribution in [0.3, 0.4) is 0 Å². The molecular formula is C29H45N4O5PS. The monoisotopic (exact) mass is 592 g/mol. The zero-order valence-electron chi connectivity index (χ0n) is 24.0. The minimum atomic E-state index is -3.39. The lowest BCUT2D eigenvalue weighted by molar-refractivity contribution is -0.138. The lowest BCUT2D eigenvalue weighted by atomic mass is 9.86. The Balaban J connectivity index is 0.00000178. The smallest absolute Gasteiger partial charge is 0.245 e. The quantitative estimate of drug-likeness (QED) is 0.310. The van der Waals surface area contributed by atoms with Crippen molar-refractivity contribution >= 4 is 36.4 Å². The molecular weight excluding hydrogens is 547 g/mol. The molecule has 2 aromatic rings. The number of amides is 2. The van der Waals surface area contributed by atoms with Crippen molar-refractivity contribution in [2.24, 2.45) is 5.73 Å². The highest BCUT2D eigenvalue weighted by Gasteiger charge is 2.33. The summed E-state index contributed by atoms with van der Waals surface area (Å²) in [6, 6.07) is 15.0. The Kier molecular flexibility index (Phi) is 13.2. The van der Waals surface area contributed by atoms with Crippen LogP contribution in [0.25, 0.3) is 0 Å². The molecule has 40 heavy (non-hydrogen) atoms. The molecule has 11 heteroatoms. The number of aliphatic hydroxyl groups excluding tert-OH is 1. The first-order valence-electron chi connectivity index (χ1n) is 13.6. The molecule has 1 aliphatic rings. The van der Waals surface area contributed by atoms with Gasteiger partial charge in [0.1, 0.15) is 6.04 Å². The van der Waals surface area contributed by atoms with Crippen LogP contribution in [-0.4, -0.2) is 68.6 Å². The summed E-state index contributed by atoms with van der Waals surface area (Å²) < 4.78 is 26.7. The maximum Gasteiger partial charge on any atom is 0.245 e. The third-order valence-corrected chi connectivity index (χ3v) is 8.55. The van der Waals surface area contributed by atoms with Gasteiger partial charge in [-0.25, -0.2) is 13.1 Å². The second-order valence-electron chi connectivity index (χ2n) is 10.6. The molecule has 9 nitrogen and oxygen atoms in total. The molecule has 0 radical (unpaired) electrons. The second kappa shape index (κ2) is 15.6. The highest BCUT2D eigenvalue weighted by molar-refractivity contribution is 7.88. The molecule has 222 valence electrons. The number of piperidine rings is 1. The van der Waals surface area contributed by atoms with Crippen LogP contribution in [0, 0.1) is 0 Å². The number of nitrogens with zero attached hydrogens (tertiary/aromatic N) is 1. The summed E-state index contributed by atoms with van der Waals surface area (Å²) in [4.78, 5) is 28.0. The minimum Gasteiger partial charge on any atom is -0.397 e. The van der Waals surface area contributed by atoms with Gasteiger partial charge < -0.3 is 21.1 Å². The number of carbonyl (C=O) groups excluding carboxylic acids is 2. The number of aliphatic hydroxyl groups is 1. The number of likely N-dealkylation sites (tertiary alicyclic amines) is 1. The van der Waals surface area contributed by atoms with E-state index < -0.39 is 21.6 Å². The Labute approximate surface area is 241 Å². The van der Waals surface area contributed by atoms with E-state index >= 15 is 0 Å². The molecule has 0 bridgehead atoms. The number of benzene rings is 2. The van der Waals surface area contributed by atoms with Crippen molar-refractivity contribution in [3.05, 3.63) is 65.2 Å². The van der Waals surface area contributed by atoms with Crippen LogP contribution in [0.5, 0.6) is 0 Å². The Bertz CT molecular complexity index is 1210. The maximum atomic E-state index is 13.6. The van der Waals surface area contributed by atoms with Crippen LogP contribution in [0.2, 0.25) is 0 Å². The van der Waals surface area contributed by atoms with E-state index in [-0.39, 0.29) is 30.1 Å². The summed E-state index contributed by atoms with van der Waals surface area (Å²) in [5.74, 6) is -0.376. The molecule has 2 atom stereocenters. The van der Waals surface area contributed by atoms with E-state index in [1.54, 1.807) is 20.8 Å². The number of carbonyl (C=O) groups is 2. The van der Waals surface area contributed by atoms with Crippen molar-refractivity contribution < 1.29 is 23.1 Å². The molecule has 0 aromatic heterocycles. The molecule has 1 unspecified atom stereocenters. The van der Waals surface area contributed by atoms with Gasteiger partial charge in [0.2, 0.25) is 21.8 Å². The number of aryl methyl sites for hydroxylation is 1. The Hall–Kier alpha value is -2.36. The van der Waals surface area contributed by atoms with Crippen molar-refractivity contribution in [3.8, 4) is 0 Å². The number of rotatable bonds is 10. The molecule has 0 spiro atoms. The predicted molar refractivity (Wildman–Crippen MR) is 164 cm³/mol. The maximum absolute atomic E-state index is 13.6. The highest BCUT2D eigenvalue weighted by Crippen LogP contribution is 2.31. The molecule has 0 aliphatic carbocycles. The molecule has 3 rings (SSSR count). The molecule has 1 fully saturated rings. The van der Waals surface area contributed by atoms with Gasteiger partial charge in [-0.2, -0.15) is 0 Å². The van der Waals surface area contributed by atoms with Crippen molar-refractivity contribution in [3.63, 3.8) is 0 Å². The number of nitrogens with one attached hydrogen (secondary N) is 2. The van der Waals surface area contributed by atoms with Gasteiger partial charge in [0.15, 0.2) is 0 Å². The van der Waals surface area contributed by atoms with Crippen molar-refractivity contribution in [1.82, 2.24) is 14.9 Å². The average molecular weight is 593 g/mol. The molecule has 1 saturated heterocycles. The minimum absolute atomic E-state index is 0.0699. The molecule has 5 N–H and O–H groups in total. The van der Waals surface area contributed by atoms with Crippen LogP contribution in [-0.2, 0) is 31.8 Å². The Morgan fingerprint density at radius 1 is 1.12 bits per heavy atom. The number of hydrogen-bond acceptors (Lipinski definition) is 6. The van der Waals surface area contributed by atoms with E-state index in [0.29, 0.717) is 25.9 Å². The van der Waals surface area contributed by atoms with Gasteiger partial charge >= 0.3 is 0 Å². The summed E-state index contributed by atoms with van der Waals surface area (Å²) in [5, 5.41) is 11.5. The van der Waals surface area contributed by atoms with Gasteiger partial charge in [0.05, 0.1) is 11.3 Å². The molecule has 2 aromatic carbocycles. The number of nitrogens with two attached hydrogens (primary N) is 1. The van der Waals surface area contributed by atoms with E-state index in [9.17, 15) is 18.0 Å². The van der Waals surface area contributed by atoms with E-state index in [0.717, 1.165) is 34.8 Å². The standard InChI is InChI=1S/C27H39N4O4PS.C2H6O/c1-27(2,28)26(33)30-24(13-10-19-8-11-22(36)12-9-19)25(32)31-16-14-20(15-17-31)23-7-5-4-6-21(23)18-37(34,35)29-3;1-2-3/h4-9,11-12,20,24,29H,10,13-18,28,36H2,1-3H3,(H,30,33);3H,2H2,1H3/t24-;/m1./s1. The van der Waals surface area contributed by atoms with E-state index in [4.69, 9.17) is 10.8 Å². The van der Waals surface area contributed by atoms with Gasteiger partial charge in [0, 0.05) is 19.7 Å². The Morgan fingerprint density at radius 3 is 2.25 bits per heavy atom. The first kappa shape index (κ1) is 33.8. The van der Waals surface area contributed by atoms with Crippen LogP contribution >= 0.6 is 9.24 Å². The fourth-order valence-corrected chi connectivity index (χ4v) is 5.58. The third kappa shape index (κ3) is 10.6. The lowest BCUT2D eigenvalue weighted by Gasteiger charge is -2.35. The summed E-state index contributed by atoms with van der Waals surface area (Å²) in [6.07, 6.45) is 2.57. The lowest BCUT2D eigenvalue weighted by Crippen LogP contribution is -2.57. The first-order valence-corrected chi connectivity index (χ1v) is 15.9. The van der Waals surface area contributed by atoms with Crippen LogP contribution in [0.1, 0.15) is 62.6 Å². The predicted octanol–water partition coefficient (Wildman–Crippen LogP) is 1.80. The molecule has 2 amide bonds. The number of hydrogen-bond donors (Lipinski definition) is 4. The van der Waals surface area contributed by atoms with E-state index in [1.807, 2.05) is 53.4 Å². The SMILES string of the molecule is CCO.CNS(=O)(=O)Cc1ccccc1C1CCN(C(=O)[C@@H](CCc2ccc(P)cc2)NC(=O)C(C)(C)N)CC1. The largest absolute Gasteiger partial charge is 0.397 e. The number of sulfonamides is 1. The van der Waals surface area contributed by atoms with Crippen molar-refractivity contribution in [1.29, 1.82) is 0 Å². The normalized spacial score (nSPS) is 15.1. The zero-order valence-corrected chi connectivity index (χ0v) is 26.0. The van der Waals surface area contributed by atoms with Crippen LogP contribution in [0.15, 0.2) is 48.5 Å². The van der Waals surface area contributed by atoms with E-state index in [2.05, 4.69) is 19.3 Å². The van der Waals surface area contributed by atoms with Gasteiger partial charge in [-0.05, 0) is 81.4 Å². The van der Waals surface area contributed by atoms with Gasteiger partial charge in [-0.1, -0.05) is 48.5 Å². The molecule has 1 heterocycles. The molecule has 1 aliphatic heterocycles. The van der Waals surface area contributed by atoms with Gasteiger partial charge in [-0.15, -0.1) is 9.24 Å². The van der Waals surface area contributed by atoms with Crippen LogP contribution < -0.4 is 21.1 Å².